The highest BCUT2D eigenvalue weighted by Crippen LogP contribution is 2.40. The van der Waals surface area contributed by atoms with Crippen LogP contribution < -0.4 is 10.4 Å². The van der Waals surface area contributed by atoms with Crippen LogP contribution in [0.3, 0.4) is 0 Å². The molecule has 0 amide bonds. The van der Waals surface area contributed by atoms with Crippen molar-refractivity contribution in [3.05, 3.63) is 90.5 Å². The molecule has 1 heterocycles. The first-order valence-corrected chi connectivity index (χ1v) is 16.5. The van der Waals surface area contributed by atoms with Crippen molar-refractivity contribution in [1.29, 1.82) is 0 Å². The monoisotopic (exact) mass is 586 g/mol. The van der Waals surface area contributed by atoms with Crippen LogP contribution in [0.4, 0.5) is 0 Å². The Morgan fingerprint density at radius 3 is 1.85 bits per heavy atom. The van der Waals surface area contributed by atoms with Gasteiger partial charge in [-0.05, 0) is 34.5 Å². The second-order valence-electron chi connectivity index (χ2n) is 11.2. The van der Waals surface area contributed by atoms with Crippen LogP contribution in [0.2, 0.25) is 5.04 Å². The van der Waals surface area contributed by atoms with Gasteiger partial charge in [0.05, 0.1) is 11.5 Å². The molecule has 8 nitrogen and oxygen atoms in total. The molecule has 3 aromatic carbocycles. The van der Waals surface area contributed by atoms with Crippen molar-refractivity contribution < 1.29 is 36.7 Å². The van der Waals surface area contributed by atoms with Crippen LogP contribution in [0.15, 0.2) is 89.8 Å². The second kappa shape index (κ2) is 11.8. The van der Waals surface area contributed by atoms with Gasteiger partial charge < -0.3 is 24.1 Å². The molecule has 0 saturated carbocycles. The molecule has 1 aliphatic rings. The lowest BCUT2D eigenvalue weighted by Crippen LogP contribution is -2.68. The summed E-state index contributed by atoms with van der Waals surface area (Å²) in [4.78, 5) is -0.0301. The van der Waals surface area contributed by atoms with Gasteiger partial charge in [0.15, 0.2) is 6.29 Å². The molecule has 1 saturated heterocycles. The first-order chi connectivity index (χ1) is 18.9. The van der Waals surface area contributed by atoms with E-state index >= 15 is 0 Å². The van der Waals surface area contributed by atoms with Crippen molar-refractivity contribution in [2.24, 2.45) is 0 Å². The van der Waals surface area contributed by atoms with E-state index in [2.05, 4.69) is 20.8 Å². The van der Waals surface area contributed by atoms with Gasteiger partial charge in [-0.1, -0.05) is 99.1 Å². The molecule has 40 heavy (non-hydrogen) atoms. The summed E-state index contributed by atoms with van der Waals surface area (Å²) in [6.07, 6.45) is -4.20. The van der Waals surface area contributed by atoms with Crippen molar-refractivity contribution >= 4 is 28.8 Å². The Kier molecular flexibility index (Phi) is 9.03. The van der Waals surface area contributed by atoms with Gasteiger partial charge in [0.2, 0.25) is 0 Å². The molecule has 2 N–H and O–H groups in total. The SMILES string of the molecule is CO[C@H]1O[C@@](CO[Si](c2ccccc2)(c2ccccc2)C(C)(C)C)(COS(=O)(=O)c2ccc(C)cc2)[C@@H](O)[C@H]1O. The van der Waals surface area contributed by atoms with E-state index < -0.39 is 54.2 Å². The van der Waals surface area contributed by atoms with E-state index in [1.165, 1.54) is 19.2 Å². The number of aliphatic hydroxyl groups excluding tert-OH is 2. The molecule has 0 spiro atoms. The third-order valence-electron chi connectivity index (χ3n) is 7.44. The zero-order valence-corrected chi connectivity index (χ0v) is 25.3. The molecule has 216 valence electrons. The fraction of sp³-hybridized carbons (Fsp3) is 0.400. The predicted octanol–water partition coefficient (Wildman–Crippen LogP) is 2.74. The lowest BCUT2D eigenvalue weighted by Gasteiger charge is -2.45. The largest absolute Gasteiger partial charge is 0.404 e. The number of methoxy groups -OCH3 is 1. The van der Waals surface area contributed by atoms with Gasteiger partial charge in [-0.3, -0.25) is 4.18 Å². The van der Waals surface area contributed by atoms with Crippen molar-refractivity contribution in [3.8, 4) is 0 Å². The topological polar surface area (TPSA) is 112 Å². The number of benzene rings is 3. The molecular weight excluding hydrogens is 548 g/mol. The summed E-state index contributed by atoms with van der Waals surface area (Å²) in [6.45, 7) is 7.29. The summed E-state index contributed by atoms with van der Waals surface area (Å²) in [6, 6.07) is 26.0. The van der Waals surface area contributed by atoms with E-state index in [1.807, 2.05) is 67.6 Å². The van der Waals surface area contributed by atoms with Gasteiger partial charge in [0, 0.05) is 7.11 Å². The fourth-order valence-corrected chi connectivity index (χ4v) is 10.8. The Morgan fingerprint density at radius 1 is 0.875 bits per heavy atom. The molecule has 0 aromatic heterocycles. The third kappa shape index (κ3) is 5.81. The molecular formula is C30H38O8SSi. The Labute approximate surface area is 237 Å². The van der Waals surface area contributed by atoms with Crippen LogP contribution in [0.5, 0.6) is 0 Å². The molecule has 0 radical (unpaired) electrons. The zero-order chi connectivity index (χ0) is 29.2. The molecule has 1 aliphatic heterocycles. The highest BCUT2D eigenvalue weighted by Gasteiger charge is 2.58. The number of hydrogen-bond acceptors (Lipinski definition) is 8. The maximum Gasteiger partial charge on any atom is 0.297 e. The smallest absolute Gasteiger partial charge is 0.297 e. The van der Waals surface area contributed by atoms with E-state index in [4.69, 9.17) is 18.1 Å². The second-order valence-corrected chi connectivity index (χ2v) is 17.1. The van der Waals surface area contributed by atoms with E-state index in [0.717, 1.165) is 15.9 Å². The number of rotatable bonds is 10. The van der Waals surface area contributed by atoms with Gasteiger partial charge >= 0.3 is 0 Å². The maximum atomic E-state index is 13.1. The quantitative estimate of drug-likeness (QED) is 0.276. The Bertz CT molecular complexity index is 1320. The Morgan fingerprint density at radius 2 is 1.40 bits per heavy atom. The molecule has 0 aliphatic carbocycles. The summed E-state index contributed by atoms with van der Waals surface area (Å²) in [5.41, 5.74) is -0.847. The molecule has 0 unspecified atom stereocenters. The van der Waals surface area contributed by atoms with Gasteiger partial charge in [-0.2, -0.15) is 8.42 Å². The van der Waals surface area contributed by atoms with Crippen LogP contribution >= 0.6 is 0 Å². The van der Waals surface area contributed by atoms with Crippen molar-refractivity contribution in [2.45, 2.75) is 61.7 Å². The highest BCUT2D eigenvalue weighted by molar-refractivity contribution is 7.86. The Hall–Kier alpha value is -2.41. The molecule has 4 rings (SSSR count). The molecule has 1 fully saturated rings. The van der Waals surface area contributed by atoms with E-state index in [-0.39, 0.29) is 11.5 Å². The Balaban J connectivity index is 1.76. The van der Waals surface area contributed by atoms with E-state index in [0.29, 0.717) is 0 Å². The van der Waals surface area contributed by atoms with Gasteiger partial charge in [-0.15, -0.1) is 0 Å². The number of aliphatic hydroxyl groups is 2. The minimum atomic E-state index is -4.21. The average molecular weight is 587 g/mol. The normalized spacial score (nSPS) is 23.8. The van der Waals surface area contributed by atoms with Gasteiger partial charge in [0.25, 0.3) is 18.4 Å². The minimum absolute atomic E-state index is 0.0301. The summed E-state index contributed by atoms with van der Waals surface area (Å²) in [5.74, 6) is 0. The molecule has 3 aromatic rings. The van der Waals surface area contributed by atoms with Crippen LogP contribution in [-0.2, 0) is 28.2 Å². The zero-order valence-electron chi connectivity index (χ0n) is 23.5. The van der Waals surface area contributed by atoms with Crippen molar-refractivity contribution in [2.75, 3.05) is 20.3 Å². The highest BCUT2D eigenvalue weighted by atomic mass is 32.2. The van der Waals surface area contributed by atoms with Gasteiger partial charge in [-0.25, -0.2) is 0 Å². The molecule has 10 heteroatoms. The van der Waals surface area contributed by atoms with Crippen LogP contribution in [0.1, 0.15) is 26.3 Å². The lowest BCUT2D eigenvalue weighted by molar-refractivity contribution is -0.194. The number of hydrogen-bond donors (Lipinski definition) is 2. The van der Waals surface area contributed by atoms with Crippen LogP contribution in [0.25, 0.3) is 0 Å². The molecule has 0 bridgehead atoms. The summed E-state index contributed by atoms with van der Waals surface area (Å²) >= 11 is 0. The van der Waals surface area contributed by atoms with E-state index in [1.54, 1.807) is 12.1 Å². The summed E-state index contributed by atoms with van der Waals surface area (Å²) in [7, 11) is -5.99. The van der Waals surface area contributed by atoms with Crippen molar-refractivity contribution in [3.63, 3.8) is 0 Å². The van der Waals surface area contributed by atoms with E-state index in [9.17, 15) is 18.6 Å². The minimum Gasteiger partial charge on any atom is -0.404 e. The van der Waals surface area contributed by atoms with Crippen molar-refractivity contribution in [1.82, 2.24) is 0 Å². The first kappa shape index (κ1) is 30.5. The predicted molar refractivity (Wildman–Crippen MR) is 155 cm³/mol. The standard InChI is InChI=1S/C30H38O8SSi/c1-22-16-18-23(19-17-22)39(33,34)36-20-30(27(32)26(31)28(35-5)38-30)21-37-40(29(2,3)4,24-12-8-6-9-13-24)25-14-10-7-11-15-25/h6-19,26-28,31-32H,20-21H2,1-5H3/t26-,27+,28+,30-/m1/s1. The van der Waals surface area contributed by atoms with Gasteiger partial charge in [0.1, 0.15) is 24.4 Å². The maximum absolute atomic E-state index is 13.1. The number of aryl methyl sites for hydroxylation is 1. The summed E-state index contributed by atoms with van der Waals surface area (Å²) < 4.78 is 49.9. The van der Waals surface area contributed by atoms with Crippen LogP contribution in [0, 0.1) is 6.92 Å². The number of ether oxygens (including phenoxy) is 2. The summed E-state index contributed by atoms with van der Waals surface area (Å²) in [5, 5.41) is 23.6. The third-order valence-corrected chi connectivity index (χ3v) is 13.7. The molecule has 4 atom stereocenters. The lowest BCUT2D eigenvalue weighted by atomic mass is 9.97. The first-order valence-electron chi connectivity index (χ1n) is 13.1. The fourth-order valence-electron chi connectivity index (χ4n) is 5.24. The average Bonchev–Trinajstić information content (AvgIpc) is 3.18. The van der Waals surface area contributed by atoms with Crippen LogP contribution in [-0.4, -0.2) is 71.4 Å².